The van der Waals surface area contributed by atoms with E-state index in [1.807, 2.05) is 24.3 Å². The topological polar surface area (TPSA) is 105 Å². The number of aryl methyl sites for hydroxylation is 1. The predicted molar refractivity (Wildman–Crippen MR) is 80.7 cm³/mol. The van der Waals surface area contributed by atoms with Crippen LogP contribution in [0.5, 0.6) is 0 Å². The second kappa shape index (κ2) is 6.22. The number of amides is 1. The number of hydrogen-bond donors (Lipinski definition) is 1. The van der Waals surface area contributed by atoms with Gasteiger partial charge in [-0.1, -0.05) is 29.4 Å². The van der Waals surface area contributed by atoms with Crippen molar-refractivity contribution in [3.05, 3.63) is 54.3 Å². The first-order valence-electron chi connectivity index (χ1n) is 6.79. The zero-order valence-corrected chi connectivity index (χ0v) is 12.2. The van der Waals surface area contributed by atoms with Crippen LogP contribution in [0.1, 0.15) is 11.5 Å². The molecule has 2 heterocycles. The van der Waals surface area contributed by atoms with E-state index < -0.39 is 6.09 Å². The van der Waals surface area contributed by atoms with Crippen LogP contribution in [-0.2, 0) is 6.54 Å². The molecule has 0 radical (unpaired) electrons. The average Bonchev–Trinajstić information content (AvgIpc) is 3.00. The Morgan fingerprint density at radius 3 is 2.61 bits per heavy atom. The molecule has 8 nitrogen and oxygen atoms in total. The van der Waals surface area contributed by atoms with Gasteiger partial charge in [-0.2, -0.15) is 4.98 Å². The van der Waals surface area contributed by atoms with Crippen molar-refractivity contribution in [3.8, 4) is 11.4 Å². The van der Waals surface area contributed by atoms with Gasteiger partial charge in [-0.25, -0.2) is 14.8 Å². The number of carboxylic acid groups (broad SMARTS) is 1. The Kier molecular flexibility index (Phi) is 3.96. The van der Waals surface area contributed by atoms with Crippen molar-refractivity contribution in [2.45, 2.75) is 13.5 Å². The van der Waals surface area contributed by atoms with E-state index in [1.165, 1.54) is 12.5 Å². The predicted octanol–water partition coefficient (Wildman–Crippen LogP) is 2.52. The highest BCUT2D eigenvalue weighted by atomic mass is 16.5. The molecule has 0 bridgehead atoms. The highest BCUT2D eigenvalue weighted by molar-refractivity contribution is 5.84. The lowest BCUT2D eigenvalue weighted by atomic mass is 10.1. The molecule has 116 valence electrons. The van der Waals surface area contributed by atoms with Crippen molar-refractivity contribution in [3.63, 3.8) is 0 Å². The van der Waals surface area contributed by atoms with Gasteiger partial charge in [0.25, 0.3) is 0 Å². The molecular formula is C15H13N5O3. The van der Waals surface area contributed by atoms with Crippen LogP contribution in [-0.4, -0.2) is 31.3 Å². The summed E-state index contributed by atoms with van der Waals surface area (Å²) in [5.74, 6) is 1.32. The van der Waals surface area contributed by atoms with Gasteiger partial charge in [-0.3, -0.25) is 4.90 Å². The molecule has 1 amide bonds. The van der Waals surface area contributed by atoms with E-state index in [0.717, 1.165) is 16.0 Å². The molecule has 0 aliphatic rings. The Labute approximate surface area is 131 Å². The molecule has 0 saturated heterocycles. The van der Waals surface area contributed by atoms with Crippen LogP contribution in [0.4, 0.5) is 10.6 Å². The highest BCUT2D eigenvalue weighted by Gasteiger charge is 2.16. The molecule has 0 aliphatic heterocycles. The Bertz CT molecular complexity index is 801. The van der Waals surface area contributed by atoms with Crippen LogP contribution in [0.3, 0.4) is 0 Å². The molecule has 1 aromatic carbocycles. The number of carbonyl (C=O) groups is 1. The van der Waals surface area contributed by atoms with Crippen molar-refractivity contribution in [1.82, 2.24) is 20.1 Å². The van der Waals surface area contributed by atoms with Crippen molar-refractivity contribution >= 4 is 11.9 Å². The minimum atomic E-state index is -1.08. The largest absolute Gasteiger partial charge is 0.465 e. The summed E-state index contributed by atoms with van der Waals surface area (Å²) in [6.07, 6.45) is 1.73. The summed E-state index contributed by atoms with van der Waals surface area (Å²) in [4.78, 5) is 24.5. The molecule has 0 fully saturated rings. The third kappa shape index (κ3) is 3.31. The van der Waals surface area contributed by atoms with Gasteiger partial charge in [0.15, 0.2) is 0 Å². The fourth-order valence-electron chi connectivity index (χ4n) is 2.05. The SMILES string of the molecule is Cc1nc(-c2ccc(CN(C(=O)O)c3ccncn3)cc2)no1. The van der Waals surface area contributed by atoms with Crippen molar-refractivity contribution in [2.75, 3.05) is 4.90 Å². The van der Waals surface area contributed by atoms with Crippen LogP contribution in [0.25, 0.3) is 11.4 Å². The Hall–Kier alpha value is -3.29. The molecular weight excluding hydrogens is 298 g/mol. The molecule has 0 unspecified atom stereocenters. The molecule has 3 rings (SSSR count). The summed E-state index contributed by atoms with van der Waals surface area (Å²) < 4.78 is 4.94. The summed E-state index contributed by atoms with van der Waals surface area (Å²) in [5, 5.41) is 13.2. The summed E-state index contributed by atoms with van der Waals surface area (Å²) in [6.45, 7) is 1.90. The van der Waals surface area contributed by atoms with Gasteiger partial charge in [-0.05, 0) is 11.6 Å². The molecule has 1 N–H and O–H groups in total. The first kappa shape index (κ1) is 14.6. The summed E-state index contributed by atoms with van der Waals surface area (Å²) in [5.41, 5.74) is 1.62. The van der Waals surface area contributed by atoms with Crippen LogP contribution >= 0.6 is 0 Å². The van der Waals surface area contributed by atoms with E-state index in [-0.39, 0.29) is 6.54 Å². The molecule has 23 heavy (non-hydrogen) atoms. The van der Waals surface area contributed by atoms with E-state index >= 15 is 0 Å². The van der Waals surface area contributed by atoms with Gasteiger partial charge in [0.1, 0.15) is 12.1 Å². The number of anilines is 1. The first-order valence-corrected chi connectivity index (χ1v) is 6.79. The first-order chi connectivity index (χ1) is 11.1. The van der Waals surface area contributed by atoms with Crippen LogP contribution in [0.15, 0.2) is 47.4 Å². The lowest BCUT2D eigenvalue weighted by Gasteiger charge is -2.17. The third-order valence-corrected chi connectivity index (χ3v) is 3.15. The molecule has 8 heteroatoms. The average molecular weight is 311 g/mol. The Balaban J connectivity index is 1.80. The molecule has 0 aliphatic carbocycles. The maximum Gasteiger partial charge on any atom is 0.413 e. The van der Waals surface area contributed by atoms with Gasteiger partial charge >= 0.3 is 6.09 Å². The zero-order chi connectivity index (χ0) is 16.2. The van der Waals surface area contributed by atoms with E-state index in [9.17, 15) is 9.90 Å². The van der Waals surface area contributed by atoms with Gasteiger partial charge in [0.05, 0.1) is 6.54 Å². The van der Waals surface area contributed by atoms with Gasteiger partial charge in [0.2, 0.25) is 11.7 Å². The minimum absolute atomic E-state index is 0.178. The second-order valence-corrected chi connectivity index (χ2v) is 4.77. The van der Waals surface area contributed by atoms with E-state index in [4.69, 9.17) is 4.52 Å². The number of benzene rings is 1. The van der Waals surface area contributed by atoms with Crippen molar-refractivity contribution in [2.24, 2.45) is 0 Å². The van der Waals surface area contributed by atoms with Crippen LogP contribution in [0, 0.1) is 6.92 Å². The molecule has 0 spiro atoms. The second-order valence-electron chi connectivity index (χ2n) is 4.77. The van der Waals surface area contributed by atoms with Crippen molar-refractivity contribution < 1.29 is 14.4 Å². The minimum Gasteiger partial charge on any atom is -0.465 e. The van der Waals surface area contributed by atoms with Gasteiger partial charge in [0, 0.05) is 18.7 Å². The fourth-order valence-corrected chi connectivity index (χ4v) is 2.05. The molecule has 2 aromatic heterocycles. The number of hydrogen-bond acceptors (Lipinski definition) is 6. The van der Waals surface area contributed by atoms with E-state index in [1.54, 1.807) is 13.0 Å². The van der Waals surface area contributed by atoms with Gasteiger partial charge in [-0.15, -0.1) is 0 Å². The highest BCUT2D eigenvalue weighted by Crippen LogP contribution is 2.19. The van der Waals surface area contributed by atoms with Crippen LogP contribution in [0.2, 0.25) is 0 Å². The Morgan fingerprint density at radius 2 is 2.04 bits per heavy atom. The standard InChI is InChI=1S/C15H13N5O3/c1-10-18-14(19-23-10)12-4-2-11(3-5-12)8-20(15(21)22)13-6-7-16-9-17-13/h2-7,9H,8H2,1H3,(H,21,22). The maximum atomic E-state index is 11.4. The summed E-state index contributed by atoms with van der Waals surface area (Å²) in [6, 6.07) is 8.82. The normalized spacial score (nSPS) is 10.5. The molecule has 0 saturated carbocycles. The molecule has 3 aromatic rings. The van der Waals surface area contributed by atoms with Crippen LogP contribution < -0.4 is 4.90 Å². The van der Waals surface area contributed by atoms with Crippen molar-refractivity contribution in [1.29, 1.82) is 0 Å². The Morgan fingerprint density at radius 1 is 1.26 bits per heavy atom. The monoisotopic (exact) mass is 311 g/mol. The zero-order valence-electron chi connectivity index (χ0n) is 12.2. The van der Waals surface area contributed by atoms with Gasteiger partial charge < -0.3 is 9.63 Å². The fraction of sp³-hybridized carbons (Fsp3) is 0.133. The quantitative estimate of drug-likeness (QED) is 0.789. The summed E-state index contributed by atoms with van der Waals surface area (Å²) in [7, 11) is 0. The lowest BCUT2D eigenvalue weighted by molar-refractivity contribution is 0.201. The smallest absolute Gasteiger partial charge is 0.413 e. The number of rotatable bonds is 4. The number of aromatic nitrogens is 4. The summed E-state index contributed by atoms with van der Waals surface area (Å²) >= 11 is 0. The molecule has 0 atom stereocenters. The third-order valence-electron chi connectivity index (χ3n) is 3.15. The van der Waals surface area contributed by atoms with E-state index in [0.29, 0.717) is 17.5 Å². The number of nitrogens with zero attached hydrogens (tertiary/aromatic N) is 5. The lowest BCUT2D eigenvalue weighted by Crippen LogP contribution is -2.29. The maximum absolute atomic E-state index is 11.4. The van der Waals surface area contributed by atoms with E-state index in [2.05, 4.69) is 20.1 Å².